The van der Waals surface area contributed by atoms with Crippen LogP contribution in [-0.4, -0.2) is 18.7 Å². The number of hydrogen-bond acceptors (Lipinski definition) is 3. The van der Waals surface area contributed by atoms with Crippen molar-refractivity contribution in [3.05, 3.63) is 54.1 Å². The Labute approximate surface area is 123 Å². The van der Waals surface area contributed by atoms with Crippen molar-refractivity contribution in [2.75, 3.05) is 23.4 Å². The monoisotopic (exact) mass is 286 g/mol. The first-order valence-electron chi connectivity index (χ1n) is 6.42. The molecule has 104 valence electrons. The van der Waals surface area contributed by atoms with Crippen molar-refractivity contribution >= 4 is 29.0 Å². The molecule has 0 fully saturated rings. The molecule has 0 saturated heterocycles. The molecule has 0 aliphatic rings. The van der Waals surface area contributed by atoms with E-state index in [0.717, 1.165) is 16.9 Å². The molecule has 0 radical (unpaired) electrons. The Balaban J connectivity index is 1.88. The number of carbonyl (C=O) groups excluding carboxylic acids is 1. The van der Waals surface area contributed by atoms with E-state index in [-0.39, 0.29) is 12.5 Å². The van der Waals surface area contributed by atoms with Crippen LogP contribution in [0, 0.1) is 6.92 Å². The van der Waals surface area contributed by atoms with Gasteiger partial charge in [-0.2, -0.15) is 0 Å². The molecule has 0 bridgehead atoms. The SMILES string of the molecule is CSc1cccc(NCC(=O)Nc2cccc(C)c2)c1. The van der Waals surface area contributed by atoms with Crippen LogP contribution in [0.2, 0.25) is 0 Å². The smallest absolute Gasteiger partial charge is 0.243 e. The summed E-state index contributed by atoms with van der Waals surface area (Å²) in [6.45, 7) is 2.26. The quantitative estimate of drug-likeness (QED) is 0.822. The molecule has 2 rings (SSSR count). The molecular weight excluding hydrogens is 268 g/mol. The van der Waals surface area contributed by atoms with Crippen LogP contribution in [0.5, 0.6) is 0 Å². The molecule has 2 N–H and O–H groups in total. The van der Waals surface area contributed by atoms with Crippen molar-refractivity contribution in [3.63, 3.8) is 0 Å². The first-order valence-corrected chi connectivity index (χ1v) is 7.64. The van der Waals surface area contributed by atoms with E-state index in [4.69, 9.17) is 0 Å². The van der Waals surface area contributed by atoms with Crippen molar-refractivity contribution in [3.8, 4) is 0 Å². The van der Waals surface area contributed by atoms with E-state index in [1.165, 1.54) is 4.90 Å². The van der Waals surface area contributed by atoms with Crippen molar-refractivity contribution < 1.29 is 4.79 Å². The summed E-state index contributed by atoms with van der Waals surface area (Å²) in [5.41, 5.74) is 2.91. The number of amides is 1. The molecule has 0 aromatic heterocycles. The topological polar surface area (TPSA) is 41.1 Å². The molecular formula is C16H18N2OS. The highest BCUT2D eigenvalue weighted by molar-refractivity contribution is 7.98. The van der Waals surface area contributed by atoms with E-state index in [1.54, 1.807) is 11.8 Å². The van der Waals surface area contributed by atoms with Crippen molar-refractivity contribution in [2.24, 2.45) is 0 Å². The number of nitrogens with one attached hydrogen (secondary N) is 2. The Morgan fingerprint density at radius 2 is 1.85 bits per heavy atom. The van der Waals surface area contributed by atoms with E-state index < -0.39 is 0 Å². The molecule has 2 aromatic carbocycles. The molecule has 0 spiro atoms. The van der Waals surface area contributed by atoms with Gasteiger partial charge >= 0.3 is 0 Å². The second-order valence-corrected chi connectivity index (χ2v) is 5.38. The van der Waals surface area contributed by atoms with E-state index in [2.05, 4.69) is 10.6 Å². The first kappa shape index (κ1) is 14.5. The normalized spacial score (nSPS) is 10.1. The van der Waals surface area contributed by atoms with E-state index in [1.807, 2.05) is 61.7 Å². The largest absolute Gasteiger partial charge is 0.376 e. The van der Waals surface area contributed by atoms with Gasteiger partial charge in [-0.25, -0.2) is 0 Å². The molecule has 0 saturated carbocycles. The Morgan fingerprint density at radius 1 is 1.10 bits per heavy atom. The van der Waals surface area contributed by atoms with Gasteiger partial charge in [-0.15, -0.1) is 11.8 Å². The summed E-state index contributed by atoms with van der Waals surface area (Å²) in [5.74, 6) is -0.0508. The summed E-state index contributed by atoms with van der Waals surface area (Å²) in [6, 6.07) is 15.8. The summed E-state index contributed by atoms with van der Waals surface area (Å²) in [4.78, 5) is 13.0. The van der Waals surface area contributed by atoms with Crippen molar-refractivity contribution in [1.29, 1.82) is 0 Å². The lowest BCUT2D eigenvalue weighted by molar-refractivity contribution is -0.114. The number of carbonyl (C=O) groups is 1. The van der Waals surface area contributed by atoms with Gasteiger partial charge < -0.3 is 10.6 Å². The summed E-state index contributed by atoms with van der Waals surface area (Å²) in [7, 11) is 0. The van der Waals surface area contributed by atoms with E-state index in [0.29, 0.717) is 0 Å². The highest BCUT2D eigenvalue weighted by Gasteiger charge is 2.02. The minimum atomic E-state index is -0.0508. The lowest BCUT2D eigenvalue weighted by Gasteiger charge is -2.09. The Morgan fingerprint density at radius 3 is 2.60 bits per heavy atom. The first-order chi connectivity index (χ1) is 9.67. The number of anilines is 2. The van der Waals surface area contributed by atoms with Gasteiger partial charge in [0.1, 0.15) is 0 Å². The van der Waals surface area contributed by atoms with Gasteiger partial charge in [0.2, 0.25) is 5.91 Å². The average molecular weight is 286 g/mol. The van der Waals surface area contributed by atoms with Crippen molar-refractivity contribution in [1.82, 2.24) is 0 Å². The van der Waals surface area contributed by atoms with Crippen LogP contribution in [0.25, 0.3) is 0 Å². The maximum atomic E-state index is 11.9. The Kier molecular flexibility index (Phi) is 5.07. The van der Waals surface area contributed by atoms with Crippen LogP contribution in [0.3, 0.4) is 0 Å². The van der Waals surface area contributed by atoms with E-state index in [9.17, 15) is 4.79 Å². The van der Waals surface area contributed by atoms with Gasteiger partial charge in [0, 0.05) is 16.3 Å². The van der Waals surface area contributed by atoms with Gasteiger partial charge in [0.05, 0.1) is 6.54 Å². The number of thioether (sulfide) groups is 1. The Hall–Kier alpha value is -1.94. The molecule has 20 heavy (non-hydrogen) atoms. The van der Waals surface area contributed by atoms with Gasteiger partial charge in [0.15, 0.2) is 0 Å². The number of benzene rings is 2. The maximum absolute atomic E-state index is 11.9. The highest BCUT2D eigenvalue weighted by atomic mass is 32.2. The van der Waals surface area contributed by atoms with Crippen LogP contribution in [-0.2, 0) is 4.79 Å². The van der Waals surface area contributed by atoms with Gasteiger partial charge in [-0.1, -0.05) is 18.2 Å². The average Bonchev–Trinajstić information content (AvgIpc) is 2.45. The van der Waals surface area contributed by atoms with Crippen LogP contribution < -0.4 is 10.6 Å². The molecule has 0 aliphatic heterocycles. The van der Waals surface area contributed by atoms with Crippen LogP contribution >= 0.6 is 11.8 Å². The molecule has 4 heteroatoms. The molecule has 0 heterocycles. The summed E-state index contributed by atoms with van der Waals surface area (Å²) >= 11 is 1.68. The fraction of sp³-hybridized carbons (Fsp3) is 0.188. The lowest BCUT2D eigenvalue weighted by Crippen LogP contribution is -2.21. The number of aryl methyl sites for hydroxylation is 1. The van der Waals surface area contributed by atoms with Crippen LogP contribution in [0.1, 0.15) is 5.56 Å². The minimum absolute atomic E-state index is 0.0508. The number of hydrogen-bond donors (Lipinski definition) is 2. The maximum Gasteiger partial charge on any atom is 0.243 e. The van der Waals surface area contributed by atoms with Gasteiger partial charge in [0.25, 0.3) is 0 Å². The molecule has 1 amide bonds. The second-order valence-electron chi connectivity index (χ2n) is 4.50. The zero-order valence-electron chi connectivity index (χ0n) is 11.6. The van der Waals surface area contributed by atoms with Gasteiger partial charge in [-0.05, 0) is 49.1 Å². The lowest BCUT2D eigenvalue weighted by atomic mass is 10.2. The predicted molar refractivity (Wildman–Crippen MR) is 86.5 cm³/mol. The predicted octanol–water partition coefficient (Wildman–Crippen LogP) is 3.77. The minimum Gasteiger partial charge on any atom is -0.376 e. The summed E-state index contributed by atoms with van der Waals surface area (Å²) in [6.07, 6.45) is 2.03. The zero-order valence-corrected chi connectivity index (χ0v) is 12.5. The van der Waals surface area contributed by atoms with Gasteiger partial charge in [-0.3, -0.25) is 4.79 Å². The Bertz CT molecular complexity index is 599. The standard InChI is InChI=1S/C16H18N2OS/c1-12-5-3-7-14(9-12)18-16(19)11-17-13-6-4-8-15(10-13)20-2/h3-10,17H,11H2,1-2H3,(H,18,19). The third-order valence-corrected chi connectivity index (χ3v) is 3.55. The van der Waals surface area contributed by atoms with Crippen molar-refractivity contribution in [2.45, 2.75) is 11.8 Å². The second kappa shape index (κ2) is 7.01. The van der Waals surface area contributed by atoms with Crippen LogP contribution in [0.4, 0.5) is 11.4 Å². The fourth-order valence-electron chi connectivity index (χ4n) is 1.84. The molecule has 0 unspecified atom stereocenters. The molecule has 3 nitrogen and oxygen atoms in total. The number of rotatable bonds is 5. The molecule has 0 atom stereocenters. The fourth-order valence-corrected chi connectivity index (χ4v) is 2.30. The third-order valence-electron chi connectivity index (χ3n) is 2.82. The highest BCUT2D eigenvalue weighted by Crippen LogP contribution is 2.18. The molecule has 0 aliphatic carbocycles. The molecule has 2 aromatic rings. The summed E-state index contributed by atoms with van der Waals surface area (Å²) in [5, 5.41) is 6.00. The summed E-state index contributed by atoms with van der Waals surface area (Å²) < 4.78 is 0. The van der Waals surface area contributed by atoms with E-state index >= 15 is 0 Å². The zero-order chi connectivity index (χ0) is 14.4. The van der Waals surface area contributed by atoms with Crippen LogP contribution in [0.15, 0.2) is 53.4 Å². The third kappa shape index (κ3) is 4.31.